The van der Waals surface area contributed by atoms with Crippen molar-refractivity contribution in [2.45, 2.75) is 33.4 Å². The number of rotatable bonds is 6. The summed E-state index contributed by atoms with van der Waals surface area (Å²) >= 11 is 0. The second kappa shape index (κ2) is 6.48. The Morgan fingerprint density at radius 3 is 2.58 bits per heavy atom. The van der Waals surface area contributed by atoms with E-state index in [0.29, 0.717) is 5.92 Å². The molecule has 0 bridgehead atoms. The summed E-state index contributed by atoms with van der Waals surface area (Å²) < 4.78 is 2.00. The predicted octanol–water partition coefficient (Wildman–Crippen LogP) is 2.24. The van der Waals surface area contributed by atoms with E-state index in [4.69, 9.17) is 0 Å². The molecule has 1 aromatic carbocycles. The second-order valence-electron chi connectivity index (χ2n) is 5.22. The largest absolute Gasteiger partial charge is 0.313 e. The maximum absolute atomic E-state index is 4.63. The monoisotopic (exact) mass is 258 g/mol. The van der Waals surface area contributed by atoms with Crippen molar-refractivity contribution in [2.75, 3.05) is 7.05 Å². The third kappa shape index (κ3) is 3.89. The molecule has 0 radical (unpaired) electrons. The van der Waals surface area contributed by atoms with Crippen molar-refractivity contribution in [1.82, 2.24) is 20.1 Å². The van der Waals surface area contributed by atoms with Crippen molar-refractivity contribution in [1.29, 1.82) is 0 Å². The summed E-state index contributed by atoms with van der Waals surface area (Å²) in [7, 11) is 1.93. The zero-order chi connectivity index (χ0) is 13.7. The lowest BCUT2D eigenvalue weighted by Crippen LogP contribution is -2.13. The normalized spacial score (nSPS) is 11.2. The Labute approximate surface area is 114 Å². The van der Waals surface area contributed by atoms with E-state index in [1.807, 2.05) is 17.8 Å². The van der Waals surface area contributed by atoms with Gasteiger partial charge < -0.3 is 5.32 Å². The Hall–Kier alpha value is -1.68. The van der Waals surface area contributed by atoms with E-state index < -0.39 is 0 Å². The lowest BCUT2D eigenvalue weighted by molar-refractivity contribution is 0.590. The third-order valence-corrected chi connectivity index (χ3v) is 2.89. The molecule has 0 unspecified atom stereocenters. The Kier molecular flexibility index (Phi) is 4.68. The molecule has 0 aliphatic heterocycles. The van der Waals surface area contributed by atoms with Crippen LogP contribution in [0.2, 0.25) is 0 Å². The van der Waals surface area contributed by atoms with E-state index in [9.17, 15) is 0 Å². The maximum Gasteiger partial charge on any atom is 0.151 e. The molecular formula is C15H22N4. The standard InChI is InChI=1S/C15H22N4/c1-12(2)9-14-17-15(10-16-3)19(18-14)11-13-7-5-4-6-8-13/h4-8,12,16H,9-11H2,1-3H3. The highest BCUT2D eigenvalue weighted by atomic mass is 15.4. The molecule has 1 aromatic heterocycles. The summed E-state index contributed by atoms with van der Waals surface area (Å²) in [6, 6.07) is 10.4. The fraction of sp³-hybridized carbons (Fsp3) is 0.467. The molecule has 0 atom stereocenters. The van der Waals surface area contributed by atoms with Gasteiger partial charge in [0, 0.05) is 6.42 Å². The molecule has 4 heteroatoms. The van der Waals surface area contributed by atoms with Gasteiger partial charge >= 0.3 is 0 Å². The Morgan fingerprint density at radius 1 is 1.21 bits per heavy atom. The molecule has 2 rings (SSSR count). The predicted molar refractivity (Wildman–Crippen MR) is 76.9 cm³/mol. The molecule has 0 saturated carbocycles. The first-order valence-electron chi connectivity index (χ1n) is 6.80. The minimum absolute atomic E-state index is 0.579. The van der Waals surface area contributed by atoms with Crippen molar-refractivity contribution in [3.63, 3.8) is 0 Å². The van der Waals surface area contributed by atoms with E-state index in [2.05, 4.69) is 53.5 Å². The molecule has 0 fully saturated rings. The van der Waals surface area contributed by atoms with Crippen LogP contribution in [0.5, 0.6) is 0 Å². The first-order chi connectivity index (χ1) is 9.19. The van der Waals surface area contributed by atoms with Crippen LogP contribution < -0.4 is 5.32 Å². The van der Waals surface area contributed by atoms with Crippen LogP contribution in [-0.4, -0.2) is 21.8 Å². The van der Waals surface area contributed by atoms with Gasteiger partial charge in [-0.2, -0.15) is 5.10 Å². The molecule has 4 nitrogen and oxygen atoms in total. The van der Waals surface area contributed by atoms with Crippen molar-refractivity contribution in [3.05, 3.63) is 47.5 Å². The van der Waals surface area contributed by atoms with Gasteiger partial charge in [-0.15, -0.1) is 0 Å². The first kappa shape index (κ1) is 13.7. The molecule has 1 heterocycles. The minimum Gasteiger partial charge on any atom is -0.313 e. The van der Waals surface area contributed by atoms with Gasteiger partial charge in [0.15, 0.2) is 5.82 Å². The summed E-state index contributed by atoms with van der Waals surface area (Å²) in [5.41, 5.74) is 1.25. The molecular weight excluding hydrogens is 236 g/mol. The van der Waals surface area contributed by atoms with Crippen LogP contribution in [0.1, 0.15) is 31.1 Å². The van der Waals surface area contributed by atoms with Gasteiger partial charge in [-0.05, 0) is 18.5 Å². The molecule has 1 N–H and O–H groups in total. The summed E-state index contributed by atoms with van der Waals surface area (Å²) in [5.74, 6) is 2.52. The highest BCUT2D eigenvalue weighted by Crippen LogP contribution is 2.08. The average molecular weight is 258 g/mol. The molecule has 2 aromatic rings. The van der Waals surface area contributed by atoms with E-state index in [0.717, 1.165) is 31.2 Å². The van der Waals surface area contributed by atoms with Crippen LogP contribution in [-0.2, 0) is 19.5 Å². The van der Waals surface area contributed by atoms with Crippen molar-refractivity contribution >= 4 is 0 Å². The number of hydrogen-bond donors (Lipinski definition) is 1. The Morgan fingerprint density at radius 2 is 1.95 bits per heavy atom. The van der Waals surface area contributed by atoms with Crippen LogP contribution >= 0.6 is 0 Å². The van der Waals surface area contributed by atoms with Crippen molar-refractivity contribution in [3.8, 4) is 0 Å². The summed E-state index contributed by atoms with van der Waals surface area (Å²) in [6.45, 7) is 5.91. The molecule has 0 aliphatic rings. The van der Waals surface area contributed by atoms with Gasteiger partial charge in [-0.1, -0.05) is 44.2 Å². The van der Waals surface area contributed by atoms with Crippen LogP contribution in [0.4, 0.5) is 0 Å². The van der Waals surface area contributed by atoms with Gasteiger partial charge in [-0.25, -0.2) is 9.67 Å². The van der Waals surface area contributed by atoms with Crippen LogP contribution in [0.25, 0.3) is 0 Å². The second-order valence-corrected chi connectivity index (χ2v) is 5.22. The van der Waals surface area contributed by atoms with Crippen molar-refractivity contribution in [2.24, 2.45) is 5.92 Å². The Balaban J connectivity index is 2.19. The average Bonchev–Trinajstić information content (AvgIpc) is 2.72. The SMILES string of the molecule is CNCc1nc(CC(C)C)nn1Cc1ccccc1. The van der Waals surface area contributed by atoms with Gasteiger partial charge in [-0.3, -0.25) is 0 Å². The number of nitrogens with zero attached hydrogens (tertiary/aromatic N) is 3. The topological polar surface area (TPSA) is 42.7 Å². The van der Waals surface area contributed by atoms with Gasteiger partial charge in [0.2, 0.25) is 0 Å². The first-order valence-corrected chi connectivity index (χ1v) is 6.80. The zero-order valence-corrected chi connectivity index (χ0v) is 11.9. The lowest BCUT2D eigenvalue weighted by Gasteiger charge is -2.05. The smallest absolute Gasteiger partial charge is 0.151 e. The molecule has 0 amide bonds. The van der Waals surface area contributed by atoms with E-state index in [1.165, 1.54) is 5.56 Å². The van der Waals surface area contributed by atoms with E-state index in [1.54, 1.807) is 0 Å². The minimum atomic E-state index is 0.579. The number of hydrogen-bond acceptors (Lipinski definition) is 3. The van der Waals surface area contributed by atoms with Gasteiger partial charge in [0.25, 0.3) is 0 Å². The molecule has 0 aliphatic carbocycles. The number of aromatic nitrogens is 3. The number of nitrogens with one attached hydrogen (secondary N) is 1. The molecule has 0 spiro atoms. The lowest BCUT2D eigenvalue weighted by atomic mass is 10.1. The highest BCUT2D eigenvalue weighted by Gasteiger charge is 2.10. The quantitative estimate of drug-likeness (QED) is 0.864. The van der Waals surface area contributed by atoms with Crippen LogP contribution in [0, 0.1) is 5.92 Å². The van der Waals surface area contributed by atoms with Crippen molar-refractivity contribution < 1.29 is 0 Å². The third-order valence-electron chi connectivity index (χ3n) is 2.89. The summed E-state index contributed by atoms with van der Waals surface area (Å²) in [4.78, 5) is 4.63. The molecule has 102 valence electrons. The molecule has 0 saturated heterocycles. The summed E-state index contributed by atoms with van der Waals surface area (Å²) in [5, 5.41) is 7.78. The van der Waals surface area contributed by atoms with E-state index >= 15 is 0 Å². The van der Waals surface area contributed by atoms with Crippen LogP contribution in [0.15, 0.2) is 30.3 Å². The summed E-state index contributed by atoms with van der Waals surface area (Å²) in [6.07, 6.45) is 0.929. The number of benzene rings is 1. The van der Waals surface area contributed by atoms with Gasteiger partial charge in [0.05, 0.1) is 13.1 Å². The Bertz CT molecular complexity index is 502. The van der Waals surface area contributed by atoms with Gasteiger partial charge in [0.1, 0.15) is 5.82 Å². The maximum atomic E-state index is 4.63. The fourth-order valence-corrected chi connectivity index (χ4v) is 2.05. The highest BCUT2D eigenvalue weighted by molar-refractivity contribution is 5.15. The fourth-order valence-electron chi connectivity index (χ4n) is 2.05. The van der Waals surface area contributed by atoms with E-state index in [-0.39, 0.29) is 0 Å². The zero-order valence-electron chi connectivity index (χ0n) is 11.9. The van der Waals surface area contributed by atoms with Crippen LogP contribution in [0.3, 0.4) is 0 Å². The molecule has 19 heavy (non-hydrogen) atoms.